The first-order valence-electron chi connectivity index (χ1n) is 4.47. The van der Waals surface area contributed by atoms with Crippen LogP contribution in [0.2, 0.25) is 0 Å². The fourth-order valence-corrected chi connectivity index (χ4v) is 0.835. The van der Waals surface area contributed by atoms with Crippen molar-refractivity contribution in [1.29, 1.82) is 0 Å². The maximum absolute atomic E-state index is 11.0. The van der Waals surface area contributed by atoms with Gasteiger partial charge in [0.05, 0.1) is 14.1 Å². The predicted molar refractivity (Wildman–Crippen MR) is 56.4 cm³/mol. The van der Waals surface area contributed by atoms with E-state index >= 15 is 0 Å². The van der Waals surface area contributed by atoms with Crippen molar-refractivity contribution in [3.05, 3.63) is 12.2 Å². The third-order valence-corrected chi connectivity index (χ3v) is 1.80. The van der Waals surface area contributed by atoms with Gasteiger partial charge in [-0.2, -0.15) is 0 Å². The predicted octanol–water partition coefficient (Wildman–Crippen LogP) is -2.18. The topological polar surface area (TPSA) is 26.3 Å². The fraction of sp³-hybridized carbons (Fsp3) is 0.545. The SMILES string of the molecule is C#CC[N+](C)(C)CCOC(=O)C(=C)C.[Br-]. The lowest BCUT2D eigenvalue weighted by molar-refractivity contribution is -0.883. The monoisotopic (exact) mass is 275 g/mol. The molecule has 0 aromatic rings. The minimum absolute atomic E-state index is 0. The summed E-state index contributed by atoms with van der Waals surface area (Å²) in [6, 6.07) is 0. The number of rotatable bonds is 5. The molecule has 0 radical (unpaired) electrons. The minimum atomic E-state index is -0.342. The summed E-state index contributed by atoms with van der Waals surface area (Å²) < 4.78 is 5.62. The molecule has 0 bridgehead atoms. The van der Waals surface area contributed by atoms with E-state index in [9.17, 15) is 4.79 Å². The highest BCUT2D eigenvalue weighted by Crippen LogP contribution is 1.97. The second kappa shape index (κ2) is 7.49. The number of carbonyl (C=O) groups excluding carboxylic acids is 1. The van der Waals surface area contributed by atoms with Crippen molar-refractivity contribution in [2.45, 2.75) is 6.92 Å². The number of ether oxygens (including phenoxy) is 1. The van der Waals surface area contributed by atoms with E-state index in [2.05, 4.69) is 12.5 Å². The molecule has 0 aliphatic rings. The van der Waals surface area contributed by atoms with Gasteiger partial charge in [-0.3, -0.25) is 0 Å². The molecule has 0 aliphatic carbocycles. The van der Waals surface area contributed by atoms with Gasteiger partial charge >= 0.3 is 5.97 Å². The van der Waals surface area contributed by atoms with Crippen LogP contribution in [0.3, 0.4) is 0 Å². The van der Waals surface area contributed by atoms with Crippen molar-refractivity contribution in [3.8, 4) is 12.3 Å². The molecule has 0 rings (SSSR count). The van der Waals surface area contributed by atoms with Crippen molar-refractivity contribution < 1.29 is 31.0 Å². The second-order valence-electron chi connectivity index (χ2n) is 3.94. The fourth-order valence-electron chi connectivity index (χ4n) is 0.835. The van der Waals surface area contributed by atoms with E-state index in [0.29, 0.717) is 29.8 Å². The largest absolute Gasteiger partial charge is 1.00 e. The van der Waals surface area contributed by atoms with Gasteiger partial charge in [0.1, 0.15) is 19.7 Å². The Kier molecular flexibility index (Phi) is 8.31. The molecule has 4 heteroatoms. The van der Waals surface area contributed by atoms with Gasteiger partial charge in [-0.05, 0) is 12.8 Å². The van der Waals surface area contributed by atoms with Crippen molar-refractivity contribution >= 4 is 5.97 Å². The Morgan fingerprint density at radius 3 is 2.47 bits per heavy atom. The average Bonchev–Trinajstić information content (AvgIpc) is 2.03. The molecular weight excluding hydrogens is 258 g/mol. The second-order valence-corrected chi connectivity index (χ2v) is 3.94. The van der Waals surface area contributed by atoms with Crippen LogP contribution in [0.5, 0.6) is 0 Å². The van der Waals surface area contributed by atoms with Crippen LogP contribution in [0.4, 0.5) is 0 Å². The summed E-state index contributed by atoms with van der Waals surface area (Å²) in [5.41, 5.74) is 0.423. The van der Waals surface area contributed by atoms with Crippen molar-refractivity contribution in [2.24, 2.45) is 0 Å². The van der Waals surface area contributed by atoms with Gasteiger partial charge in [0.2, 0.25) is 0 Å². The van der Waals surface area contributed by atoms with E-state index in [0.717, 1.165) is 0 Å². The van der Waals surface area contributed by atoms with Crippen molar-refractivity contribution in [1.82, 2.24) is 0 Å². The minimum Gasteiger partial charge on any atom is -1.00 e. The van der Waals surface area contributed by atoms with Crippen molar-refractivity contribution in [2.75, 3.05) is 33.8 Å². The number of nitrogens with zero attached hydrogens (tertiary/aromatic N) is 1. The van der Waals surface area contributed by atoms with Crippen LogP contribution < -0.4 is 17.0 Å². The third-order valence-electron chi connectivity index (χ3n) is 1.80. The molecule has 0 spiro atoms. The van der Waals surface area contributed by atoms with Gasteiger partial charge < -0.3 is 26.2 Å². The van der Waals surface area contributed by atoms with Crippen LogP contribution in [0.25, 0.3) is 0 Å². The molecule has 0 atom stereocenters. The highest BCUT2D eigenvalue weighted by molar-refractivity contribution is 5.86. The Morgan fingerprint density at radius 2 is 2.07 bits per heavy atom. The molecule has 3 nitrogen and oxygen atoms in total. The molecule has 15 heavy (non-hydrogen) atoms. The zero-order chi connectivity index (χ0) is 11.2. The van der Waals surface area contributed by atoms with Gasteiger partial charge in [0.15, 0.2) is 0 Å². The van der Waals surface area contributed by atoms with Crippen molar-refractivity contribution in [3.63, 3.8) is 0 Å². The lowest BCUT2D eigenvalue weighted by atomic mass is 10.4. The van der Waals surface area contributed by atoms with Crippen LogP contribution in [0, 0.1) is 12.3 Å². The first-order chi connectivity index (χ1) is 6.39. The number of likely N-dealkylation sites (N-methyl/N-ethyl adjacent to an activating group) is 1. The van der Waals surface area contributed by atoms with E-state index in [1.54, 1.807) is 6.92 Å². The molecule has 0 amide bonds. The number of terminal acetylenes is 1. The summed E-state index contributed by atoms with van der Waals surface area (Å²) in [6.45, 7) is 6.84. The quantitative estimate of drug-likeness (QED) is 0.247. The van der Waals surface area contributed by atoms with Crippen LogP contribution >= 0.6 is 0 Å². The zero-order valence-corrected chi connectivity index (χ0v) is 11.1. The summed E-state index contributed by atoms with van der Waals surface area (Å²) in [6.07, 6.45) is 5.21. The number of halogens is 1. The molecule has 0 N–H and O–H groups in total. The Labute approximate surface area is 102 Å². The molecular formula is C11H18BrNO2. The van der Waals surface area contributed by atoms with E-state index in [-0.39, 0.29) is 23.0 Å². The summed E-state index contributed by atoms with van der Waals surface area (Å²) in [5.74, 6) is 2.24. The number of quaternary nitrogens is 1. The van der Waals surface area contributed by atoms with Crippen LogP contribution in [0.1, 0.15) is 6.92 Å². The molecule has 0 aromatic carbocycles. The molecule has 86 valence electrons. The maximum atomic E-state index is 11.0. The van der Waals surface area contributed by atoms with Gasteiger partial charge in [0.25, 0.3) is 0 Å². The normalized spacial score (nSPS) is 9.73. The average molecular weight is 276 g/mol. The molecule has 0 aliphatic heterocycles. The van der Waals surface area contributed by atoms with E-state index in [4.69, 9.17) is 11.2 Å². The van der Waals surface area contributed by atoms with Gasteiger partial charge in [-0.15, -0.1) is 6.42 Å². The number of hydrogen-bond acceptors (Lipinski definition) is 2. The van der Waals surface area contributed by atoms with Gasteiger partial charge in [-0.25, -0.2) is 4.79 Å². The van der Waals surface area contributed by atoms with E-state index in [1.807, 2.05) is 14.1 Å². The highest BCUT2D eigenvalue weighted by Gasteiger charge is 2.14. The molecule has 0 unspecified atom stereocenters. The van der Waals surface area contributed by atoms with Gasteiger partial charge in [0, 0.05) is 5.57 Å². The number of hydrogen-bond donors (Lipinski definition) is 0. The number of esters is 1. The molecule has 0 saturated carbocycles. The molecule has 0 fully saturated rings. The lowest BCUT2D eigenvalue weighted by Gasteiger charge is -2.26. The summed E-state index contributed by atoms with van der Waals surface area (Å²) in [5, 5.41) is 0. The maximum Gasteiger partial charge on any atom is 0.333 e. The first-order valence-corrected chi connectivity index (χ1v) is 4.47. The molecule has 0 heterocycles. The first kappa shape index (κ1) is 16.6. The Bertz CT molecular complexity index is 266. The zero-order valence-electron chi connectivity index (χ0n) is 9.55. The standard InChI is InChI=1S/C11H18NO2.BrH/c1-6-7-12(4,5)8-9-14-11(13)10(2)3;/h1H,2,7-9H2,3-5H3;1H/q+1;/p-1. The molecule has 0 aromatic heterocycles. The Balaban J connectivity index is 0. The van der Waals surface area contributed by atoms with Crippen LogP contribution in [-0.4, -0.2) is 44.2 Å². The summed E-state index contributed by atoms with van der Waals surface area (Å²) in [4.78, 5) is 11.0. The highest BCUT2D eigenvalue weighted by atomic mass is 79.9. The number of carbonyl (C=O) groups is 1. The van der Waals surface area contributed by atoms with Crippen LogP contribution in [-0.2, 0) is 9.53 Å². The van der Waals surface area contributed by atoms with E-state index in [1.165, 1.54) is 0 Å². The summed E-state index contributed by atoms with van der Waals surface area (Å²) in [7, 11) is 3.99. The lowest BCUT2D eigenvalue weighted by Crippen LogP contribution is -3.00. The smallest absolute Gasteiger partial charge is 0.333 e. The Morgan fingerprint density at radius 1 is 1.53 bits per heavy atom. The van der Waals surface area contributed by atoms with E-state index < -0.39 is 0 Å². The summed E-state index contributed by atoms with van der Waals surface area (Å²) >= 11 is 0. The third kappa shape index (κ3) is 8.22. The van der Waals surface area contributed by atoms with Crippen LogP contribution in [0.15, 0.2) is 12.2 Å². The molecule has 0 saturated heterocycles. The Hall–Kier alpha value is -0.790. The van der Waals surface area contributed by atoms with Gasteiger partial charge in [-0.1, -0.05) is 6.58 Å².